The van der Waals surface area contributed by atoms with Crippen LogP contribution in [0.5, 0.6) is 0 Å². The number of benzene rings is 7. The Morgan fingerprint density at radius 3 is 2.14 bits per heavy atom. The van der Waals surface area contributed by atoms with Crippen LogP contribution in [0.25, 0.3) is 93.5 Å². The molecule has 0 saturated carbocycles. The molecule has 0 N–H and O–H groups in total. The third-order valence-electron chi connectivity index (χ3n) is 11.5. The predicted octanol–water partition coefficient (Wildman–Crippen LogP) is 10.3. The summed E-state index contributed by atoms with van der Waals surface area (Å²) < 4.78 is 11.9. The molecule has 0 radical (unpaired) electrons. The van der Waals surface area contributed by atoms with Gasteiger partial charge in [0.2, 0.25) is 0 Å². The summed E-state index contributed by atoms with van der Waals surface area (Å²) in [5.74, 6) is 0. The Morgan fingerprint density at radius 2 is 1.29 bits per heavy atom. The minimum absolute atomic E-state index is 0.0157. The van der Waals surface area contributed by atoms with E-state index < -0.39 is 0 Å². The van der Waals surface area contributed by atoms with Crippen LogP contribution < -0.4 is 10.9 Å². The zero-order valence-corrected chi connectivity index (χ0v) is 27.4. The van der Waals surface area contributed by atoms with Gasteiger partial charge < -0.3 is 13.5 Å². The number of furan rings is 1. The molecule has 0 amide bonds. The molecule has 0 spiro atoms. The van der Waals surface area contributed by atoms with E-state index in [9.17, 15) is 0 Å². The van der Waals surface area contributed by atoms with E-state index in [-0.39, 0.29) is 6.85 Å². The van der Waals surface area contributed by atoms with Crippen molar-refractivity contribution in [3.8, 4) is 27.9 Å². The largest absolute Gasteiger partial charge is 0.456 e. The number of hydrogen-bond acceptors (Lipinski definition) is 1. The van der Waals surface area contributed by atoms with E-state index in [1.807, 2.05) is 0 Å². The van der Waals surface area contributed by atoms with Crippen molar-refractivity contribution in [3.05, 3.63) is 138 Å². The van der Waals surface area contributed by atoms with Gasteiger partial charge in [-0.05, 0) is 83.8 Å². The first kappa shape index (κ1) is 26.0. The van der Waals surface area contributed by atoms with E-state index in [0.29, 0.717) is 0 Å². The molecule has 5 heterocycles. The van der Waals surface area contributed by atoms with Crippen LogP contribution in [0.1, 0.15) is 16.7 Å². The number of aryl methyl sites for hydroxylation is 3. The highest BCUT2D eigenvalue weighted by Crippen LogP contribution is 2.47. The lowest BCUT2D eigenvalue weighted by Crippen LogP contribution is -2.55. The summed E-state index contributed by atoms with van der Waals surface area (Å²) in [5, 5.41) is 7.56. The highest BCUT2D eigenvalue weighted by molar-refractivity contribution is 6.90. The smallest absolute Gasteiger partial charge is 0.333 e. The Kier molecular flexibility index (Phi) is 4.63. The minimum Gasteiger partial charge on any atom is -0.456 e. The quantitative estimate of drug-likeness (QED) is 0.167. The van der Waals surface area contributed by atoms with Gasteiger partial charge in [0.05, 0.1) is 11.0 Å². The average molecular weight is 625 g/mol. The fourth-order valence-electron chi connectivity index (χ4n) is 9.93. The van der Waals surface area contributed by atoms with Gasteiger partial charge in [0, 0.05) is 60.7 Å². The standard InChI is InChI=1S/C45H29BN2O/c1-24-20-25(2)40(26(3)21-24)27-18-19-35-33(22-27)30-13-9-15-34-45(30)47(35)37-23-39-41(31-11-5-7-17-38(31)49-39)42-32-14-8-12-29-28-10-4-6-16-36(28)48(44(29)32)46(34)43(37)42/h4-23H,1-3H3. The van der Waals surface area contributed by atoms with E-state index >= 15 is 0 Å². The molecule has 49 heavy (non-hydrogen) atoms. The van der Waals surface area contributed by atoms with E-state index in [4.69, 9.17) is 4.42 Å². The van der Waals surface area contributed by atoms with Crippen LogP contribution in [0.4, 0.5) is 0 Å². The lowest BCUT2D eigenvalue weighted by molar-refractivity contribution is 0.669. The van der Waals surface area contributed by atoms with Gasteiger partial charge in [-0.3, -0.25) is 0 Å². The van der Waals surface area contributed by atoms with E-state index in [1.54, 1.807) is 0 Å². The molecule has 4 heteroatoms. The van der Waals surface area contributed by atoms with Gasteiger partial charge in [-0.15, -0.1) is 0 Å². The fraction of sp³-hybridized carbons (Fsp3) is 0.0667. The van der Waals surface area contributed by atoms with E-state index in [2.05, 4.69) is 151 Å². The van der Waals surface area contributed by atoms with Crippen LogP contribution >= 0.6 is 0 Å². The van der Waals surface area contributed by atoms with Crippen molar-refractivity contribution in [3.63, 3.8) is 0 Å². The maximum Gasteiger partial charge on any atom is 0.333 e. The van der Waals surface area contributed by atoms with Crippen LogP contribution in [0.15, 0.2) is 126 Å². The van der Waals surface area contributed by atoms with Crippen molar-refractivity contribution in [2.75, 3.05) is 0 Å². The highest BCUT2D eigenvalue weighted by atomic mass is 16.3. The minimum atomic E-state index is 0.0157. The third kappa shape index (κ3) is 3.03. The zero-order chi connectivity index (χ0) is 32.3. The predicted molar refractivity (Wildman–Crippen MR) is 207 cm³/mol. The molecule has 10 aromatic rings. The second-order valence-electron chi connectivity index (χ2n) is 14.2. The monoisotopic (exact) mass is 624 g/mol. The Balaban J connectivity index is 1.30. The first-order valence-electron chi connectivity index (χ1n) is 17.2. The number of aromatic nitrogens is 2. The Labute approximate surface area is 282 Å². The van der Waals surface area contributed by atoms with Crippen molar-refractivity contribution in [2.45, 2.75) is 20.8 Å². The van der Waals surface area contributed by atoms with Gasteiger partial charge in [-0.25, -0.2) is 0 Å². The summed E-state index contributed by atoms with van der Waals surface area (Å²) in [6, 6.07) is 45.4. The summed E-state index contributed by atoms with van der Waals surface area (Å²) in [4.78, 5) is 0. The molecule has 0 fully saturated rings. The van der Waals surface area contributed by atoms with Gasteiger partial charge in [-0.1, -0.05) is 96.6 Å². The summed E-state index contributed by atoms with van der Waals surface area (Å²) in [6.45, 7) is 6.68. The Bertz CT molecular complexity index is 3130. The number of fused-ring (bicyclic) bond motifs is 14. The van der Waals surface area contributed by atoms with Crippen molar-refractivity contribution >= 4 is 83.3 Å². The van der Waals surface area contributed by atoms with Crippen molar-refractivity contribution in [1.29, 1.82) is 0 Å². The van der Waals surface area contributed by atoms with Gasteiger partial charge in [0.15, 0.2) is 0 Å². The molecule has 0 unspecified atom stereocenters. The van der Waals surface area contributed by atoms with Crippen LogP contribution in [0.3, 0.4) is 0 Å². The van der Waals surface area contributed by atoms with Gasteiger partial charge in [0.1, 0.15) is 11.2 Å². The van der Waals surface area contributed by atoms with Gasteiger partial charge in [-0.2, -0.15) is 0 Å². The van der Waals surface area contributed by atoms with Gasteiger partial charge in [0.25, 0.3) is 0 Å². The molecule has 0 aliphatic carbocycles. The number of rotatable bonds is 1. The molecule has 12 rings (SSSR count). The maximum absolute atomic E-state index is 6.73. The molecule has 2 aliphatic rings. The topological polar surface area (TPSA) is 23.0 Å². The number of nitrogens with zero attached hydrogens (tertiary/aromatic N) is 2. The lowest BCUT2D eigenvalue weighted by Gasteiger charge is -2.34. The Hall–Kier alpha value is -6.00. The van der Waals surface area contributed by atoms with Crippen molar-refractivity contribution in [2.24, 2.45) is 0 Å². The molecular formula is C45H29BN2O. The molecule has 0 atom stereocenters. The molecule has 0 saturated heterocycles. The van der Waals surface area contributed by atoms with Crippen LogP contribution in [-0.4, -0.2) is 15.9 Å². The van der Waals surface area contributed by atoms with Crippen LogP contribution in [0.2, 0.25) is 0 Å². The second kappa shape index (κ2) is 8.72. The summed E-state index contributed by atoms with van der Waals surface area (Å²) in [7, 11) is 0. The first-order valence-corrected chi connectivity index (χ1v) is 17.2. The summed E-state index contributed by atoms with van der Waals surface area (Å²) in [6.07, 6.45) is 0. The Morgan fingerprint density at radius 1 is 0.551 bits per heavy atom. The second-order valence-corrected chi connectivity index (χ2v) is 14.2. The van der Waals surface area contributed by atoms with Crippen LogP contribution in [0, 0.1) is 20.8 Å². The molecule has 2 aliphatic heterocycles. The van der Waals surface area contributed by atoms with Crippen LogP contribution in [-0.2, 0) is 0 Å². The lowest BCUT2D eigenvalue weighted by atomic mass is 9.45. The number of para-hydroxylation sites is 4. The zero-order valence-electron chi connectivity index (χ0n) is 27.4. The average Bonchev–Trinajstić information content (AvgIpc) is 3.76. The third-order valence-corrected chi connectivity index (χ3v) is 11.5. The summed E-state index contributed by atoms with van der Waals surface area (Å²) in [5.41, 5.74) is 20.0. The number of hydrogen-bond donors (Lipinski definition) is 0. The van der Waals surface area contributed by atoms with E-state index in [1.165, 1.54) is 110 Å². The molecule has 3 aromatic heterocycles. The molecule has 0 bridgehead atoms. The molecule has 228 valence electrons. The van der Waals surface area contributed by atoms with E-state index in [0.717, 1.165) is 11.2 Å². The maximum atomic E-state index is 6.73. The summed E-state index contributed by atoms with van der Waals surface area (Å²) >= 11 is 0. The van der Waals surface area contributed by atoms with Crippen molar-refractivity contribution in [1.82, 2.24) is 9.05 Å². The molecular weight excluding hydrogens is 595 g/mol. The SMILES string of the molecule is Cc1cc(C)c(-c2ccc3c(c2)c2cccc4c2n3-c2cc3oc5ccccc5c3c3c2B4n2c4ccccc4c4cccc-3c42)c(C)c1. The normalized spacial score (nSPS) is 13.2. The fourth-order valence-corrected chi connectivity index (χ4v) is 9.93. The highest BCUT2D eigenvalue weighted by Gasteiger charge is 2.42. The molecule has 3 nitrogen and oxygen atoms in total. The van der Waals surface area contributed by atoms with Gasteiger partial charge >= 0.3 is 6.85 Å². The molecule has 7 aromatic carbocycles. The first-order chi connectivity index (χ1) is 24.1. The van der Waals surface area contributed by atoms with Crippen molar-refractivity contribution < 1.29 is 4.42 Å².